The number of rotatable bonds is 4. The Morgan fingerprint density at radius 2 is 1.77 bits per heavy atom. The van der Waals surface area contributed by atoms with Crippen LogP contribution in [0.2, 0.25) is 0 Å². The molecular weight excluding hydrogens is 330 g/mol. The van der Waals surface area contributed by atoms with Crippen LogP contribution in [0.5, 0.6) is 11.5 Å². The highest BCUT2D eigenvalue weighted by Crippen LogP contribution is 2.37. The molecular formula is C21H25NO4. The molecule has 0 bridgehead atoms. The second-order valence-corrected chi connectivity index (χ2v) is 6.89. The van der Waals surface area contributed by atoms with E-state index in [9.17, 15) is 20.1 Å². The summed E-state index contributed by atoms with van der Waals surface area (Å²) in [5.41, 5.74) is -0.0936. The third-order valence-corrected chi connectivity index (χ3v) is 5.35. The molecule has 3 N–H and O–H groups in total. The minimum Gasteiger partial charge on any atom is -0.508 e. The number of phenols is 2. The molecule has 0 aromatic heterocycles. The number of carbonyl (C=O) groups excluding carboxylic acids is 1. The lowest BCUT2D eigenvalue weighted by atomic mass is 9.86. The fraction of sp³-hybridized carbons (Fsp3) is 0.381. The van der Waals surface area contributed by atoms with Gasteiger partial charge in [-0.25, -0.2) is 0 Å². The lowest BCUT2D eigenvalue weighted by Crippen LogP contribution is -2.49. The van der Waals surface area contributed by atoms with Gasteiger partial charge in [-0.1, -0.05) is 43.3 Å². The molecule has 0 saturated carbocycles. The number of benzene rings is 2. The Labute approximate surface area is 153 Å². The topological polar surface area (TPSA) is 81.0 Å². The molecule has 0 unspecified atom stereocenters. The van der Waals surface area contributed by atoms with Crippen molar-refractivity contribution in [2.75, 3.05) is 13.1 Å². The number of hydrogen-bond donors (Lipinski definition) is 3. The SMILES string of the molecule is CC[C@@](O)(C(=O)N1CCC(c2ccc(O)cc2O)CC1)c1ccccc1. The summed E-state index contributed by atoms with van der Waals surface area (Å²) >= 11 is 0. The molecule has 26 heavy (non-hydrogen) atoms. The third-order valence-electron chi connectivity index (χ3n) is 5.35. The second kappa shape index (κ2) is 7.38. The molecule has 138 valence electrons. The van der Waals surface area contributed by atoms with Crippen LogP contribution in [-0.4, -0.2) is 39.2 Å². The minimum absolute atomic E-state index is 0.0368. The first-order valence-corrected chi connectivity index (χ1v) is 9.05. The van der Waals surface area contributed by atoms with Gasteiger partial charge in [-0.05, 0) is 42.4 Å². The standard InChI is InChI=1S/C21H25NO4/c1-2-21(26,16-6-4-3-5-7-16)20(25)22-12-10-15(11-13-22)18-9-8-17(23)14-19(18)24/h3-9,14-15,23-24,26H,2,10-13H2,1H3/t21-/m0/s1. The number of piperidine rings is 1. The van der Waals surface area contributed by atoms with Crippen molar-refractivity contribution in [1.82, 2.24) is 4.90 Å². The molecule has 1 aliphatic heterocycles. The smallest absolute Gasteiger partial charge is 0.259 e. The Hall–Kier alpha value is -2.53. The van der Waals surface area contributed by atoms with Gasteiger partial charge in [0.25, 0.3) is 5.91 Å². The number of phenolic OH excluding ortho intramolecular Hbond substituents is 2. The van der Waals surface area contributed by atoms with Crippen molar-refractivity contribution in [1.29, 1.82) is 0 Å². The lowest BCUT2D eigenvalue weighted by molar-refractivity contribution is -0.154. The van der Waals surface area contributed by atoms with Crippen LogP contribution in [0.3, 0.4) is 0 Å². The van der Waals surface area contributed by atoms with Crippen molar-refractivity contribution in [2.24, 2.45) is 0 Å². The van der Waals surface area contributed by atoms with Crippen LogP contribution >= 0.6 is 0 Å². The highest BCUT2D eigenvalue weighted by Gasteiger charge is 2.40. The van der Waals surface area contributed by atoms with Crippen LogP contribution in [0.25, 0.3) is 0 Å². The summed E-state index contributed by atoms with van der Waals surface area (Å²) in [6.45, 7) is 2.87. The zero-order chi connectivity index (χ0) is 18.7. The molecule has 2 aromatic rings. The van der Waals surface area contributed by atoms with Gasteiger partial charge >= 0.3 is 0 Å². The lowest BCUT2D eigenvalue weighted by Gasteiger charge is -2.37. The van der Waals surface area contributed by atoms with E-state index in [1.807, 2.05) is 25.1 Å². The van der Waals surface area contributed by atoms with Crippen LogP contribution in [0.1, 0.15) is 43.2 Å². The predicted octanol–water partition coefficient (Wildman–Crippen LogP) is 3.10. The molecule has 1 heterocycles. The molecule has 1 saturated heterocycles. The molecule has 3 rings (SSSR count). The first-order chi connectivity index (χ1) is 12.5. The zero-order valence-corrected chi connectivity index (χ0v) is 14.9. The van der Waals surface area contributed by atoms with Crippen molar-refractivity contribution in [3.8, 4) is 11.5 Å². The van der Waals surface area contributed by atoms with E-state index in [1.54, 1.807) is 29.2 Å². The molecule has 0 aliphatic carbocycles. The Kier molecular flexibility index (Phi) is 5.18. The van der Waals surface area contributed by atoms with Crippen molar-refractivity contribution in [3.63, 3.8) is 0 Å². The van der Waals surface area contributed by atoms with E-state index < -0.39 is 5.60 Å². The summed E-state index contributed by atoms with van der Waals surface area (Å²) in [4.78, 5) is 14.7. The Morgan fingerprint density at radius 1 is 1.12 bits per heavy atom. The number of aromatic hydroxyl groups is 2. The van der Waals surface area contributed by atoms with Gasteiger partial charge in [0, 0.05) is 19.2 Å². The summed E-state index contributed by atoms with van der Waals surface area (Å²) < 4.78 is 0. The maximum Gasteiger partial charge on any atom is 0.259 e. The maximum absolute atomic E-state index is 13.0. The monoisotopic (exact) mass is 355 g/mol. The molecule has 5 nitrogen and oxygen atoms in total. The van der Waals surface area contributed by atoms with Gasteiger partial charge in [0.15, 0.2) is 5.60 Å². The van der Waals surface area contributed by atoms with Gasteiger partial charge in [0.05, 0.1) is 0 Å². The van der Waals surface area contributed by atoms with Gasteiger partial charge in [-0.15, -0.1) is 0 Å². The van der Waals surface area contributed by atoms with E-state index in [4.69, 9.17) is 0 Å². The number of hydrogen-bond acceptors (Lipinski definition) is 4. The fourth-order valence-corrected chi connectivity index (χ4v) is 3.73. The van der Waals surface area contributed by atoms with E-state index in [-0.39, 0.29) is 23.3 Å². The Balaban J connectivity index is 1.72. The molecule has 5 heteroatoms. The summed E-state index contributed by atoms with van der Waals surface area (Å²) in [6, 6.07) is 13.7. The van der Waals surface area contributed by atoms with Crippen molar-refractivity contribution in [3.05, 3.63) is 59.7 Å². The molecule has 2 aromatic carbocycles. The van der Waals surface area contributed by atoms with Gasteiger partial charge < -0.3 is 20.2 Å². The van der Waals surface area contributed by atoms with Crippen molar-refractivity contribution < 1.29 is 20.1 Å². The Morgan fingerprint density at radius 3 is 2.35 bits per heavy atom. The zero-order valence-electron chi connectivity index (χ0n) is 14.9. The van der Waals surface area contributed by atoms with Crippen LogP contribution in [-0.2, 0) is 10.4 Å². The predicted molar refractivity (Wildman–Crippen MR) is 99.0 cm³/mol. The van der Waals surface area contributed by atoms with Crippen LogP contribution in [0.15, 0.2) is 48.5 Å². The van der Waals surface area contributed by atoms with Crippen molar-refractivity contribution >= 4 is 5.91 Å². The third kappa shape index (κ3) is 3.40. The highest BCUT2D eigenvalue weighted by molar-refractivity contribution is 5.86. The molecule has 0 radical (unpaired) electrons. The maximum atomic E-state index is 13.0. The van der Waals surface area contributed by atoms with E-state index in [0.717, 1.165) is 5.56 Å². The summed E-state index contributed by atoms with van der Waals surface area (Å²) in [5, 5.41) is 30.5. The largest absolute Gasteiger partial charge is 0.508 e. The molecule has 1 fully saturated rings. The van der Waals surface area contributed by atoms with E-state index in [2.05, 4.69) is 0 Å². The number of carbonyl (C=O) groups is 1. The normalized spacial score (nSPS) is 17.7. The van der Waals surface area contributed by atoms with Crippen molar-refractivity contribution in [2.45, 2.75) is 37.7 Å². The van der Waals surface area contributed by atoms with Gasteiger partial charge in [0.2, 0.25) is 0 Å². The number of nitrogens with zero attached hydrogens (tertiary/aromatic N) is 1. The summed E-state index contributed by atoms with van der Waals surface area (Å²) in [5.74, 6) is -0.00969. The summed E-state index contributed by atoms with van der Waals surface area (Å²) in [6.07, 6.45) is 1.73. The highest BCUT2D eigenvalue weighted by atomic mass is 16.3. The molecule has 0 spiro atoms. The molecule has 1 amide bonds. The van der Waals surface area contributed by atoms with Crippen LogP contribution in [0, 0.1) is 0 Å². The van der Waals surface area contributed by atoms with E-state index in [1.165, 1.54) is 6.07 Å². The molecule has 1 aliphatic rings. The number of likely N-dealkylation sites (tertiary alicyclic amines) is 1. The average molecular weight is 355 g/mol. The fourth-order valence-electron chi connectivity index (χ4n) is 3.73. The first-order valence-electron chi connectivity index (χ1n) is 9.05. The van der Waals surface area contributed by atoms with Gasteiger partial charge in [-0.3, -0.25) is 4.79 Å². The minimum atomic E-state index is -1.51. The van der Waals surface area contributed by atoms with E-state index >= 15 is 0 Å². The number of aliphatic hydroxyl groups is 1. The second-order valence-electron chi connectivity index (χ2n) is 6.89. The van der Waals surface area contributed by atoms with E-state index in [0.29, 0.717) is 37.9 Å². The van der Waals surface area contributed by atoms with Gasteiger partial charge in [0.1, 0.15) is 11.5 Å². The Bertz CT molecular complexity index is 769. The van der Waals surface area contributed by atoms with Crippen LogP contribution in [0.4, 0.5) is 0 Å². The first kappa shape index (κ1) is 18.3. The summed E-state index contributed by atoms with van der Waals surface area (Å²) in [7, 11) is 0. The quantitative estimate of drug-likeness (QED) is 0.787. The van der Waals surface area contributed by atoms with Gasteiger partial charge in [-0.2, -0.15) is 0 Å². The number of amides is 1. The van der Waals surface area contributed by atoms with Crippen LogP contribution < -0.4 is 0 Å². The average Bonchev–Trinajstić information content (AvgIpc) is 2.68. The molecule has 1 atom stereocenters.